The second kappa shape index (κ2) is 5.45. The van der Waals surface area contributed by atoms with Crippen molar-refractivity contribution >= 4 is 0 Å². The Hall–Kier alpha value is -1.10. The maximum atomic E-state index is 9.13. The molecule has 1 N–H and O–H groups in total. The van der Waals surface area contributed by atoms with Crippen molar-refractivity contribution in [1.29, 1.82) is 0 Å². The fourth-order valence-corrected chi connectivity index (χ4v) is 3.53. The zero-order chi connectivity index (χ0) is 17.1. The highest BCUT2D eigenvalue weighted by Gasteiger charge is 2.60. The van der Waals surface area contributed by atoms with Crippen LogP contribution in [0.3, 0.4) is 0 Å². The summed E-state index contributed by atoms with van der Waals surface area (Å²) < 4.78 is 31.7. The maximum Gasteiger partial charge on any atom is 0.190 e. The van der Waals surface area contributed by atoms with E-state index in [9.17, 15) is 0 Å². The minimum absolute atomic E-state index is 0.153. The van der Waals surface area contributed by atoms with Crippen LogP contribution in [0, 0.1) is 0 Å². The largest absolute Gasteiger partial charge is 0.390 e. The molecule has 3 fully saturated rings. The molecule has 3 saturated heterocycles. The first kappa shape index (κ1) is 16.4. The topological polar surface area (TPSA) is 97.1 Å². The molecule has 0 unspecified atom stereocenters. The first-order valence-electron chi connectivity index (χ1n) is 8.13. The van der Waals surface area contributed by atoms with Crippen molar-refractivity contribution in [2.45, 2.75) is 83.1 Å². The van der Waals surface area contributed by atoms with E-state index in [1.165, 1.54) is 0 Å². The Balaban J connectivity index is 1.58. The summed E-state index contributed by atoms with van der Waals surface area (Å²) in [5.41, 5.74) is 0.505. The highest BCUT2D eigenvalue weighted by molar-refractivity contribution is 5.00. The smallest absolute Gasteiger partial charge is 0.190 e. The summed E-state index contributed by atoms with van der Waals surface area (Å²) in [6.07, 6.45) is -0.103. The SMILES string of the molecule is CC1(C)O[C@H]2[C@@H](O1)[C@@H](Cn1cc(CO)nn1)O[C@@H]1OC(C)(C)O[C@@H]12. The van der Waals surface area contributed by atoms with Crippen LogP contribution in [0.1, 0.15) is 33.4 Å². The molecule has 1 aromatic rings. The Bertz CT molecular complexity index is 618. The van der Waals surface area contributed by atoms with Gasteiger partial charge in [-0.25, -0.2) is 4.68 Å². The first-order valence-corrected chi connectivity index (χ1v) is 8.13. The molecule has 4 heterocycles. The van der Waals surface area contributed by atoms with Crippen LogP contribution in [0.2, 0.25) is 0 Å². The molecule has 3 aliphatic heterocycles. The quantitative estimate of drug-likeness (QED) is 0.831. The number of fused-ring (bicyclic) bond motifs is 3. The Kier molecular flexibility index (Phi) is 3.72. The third kappa shape index (κ3) is 2.85. The van der Waals surface area contributed by atoms with Crippen molar-refractivity contribution in [1.82, 2.24) is 15.0 Å². The molecule has 5 atom stereocenters. The van der Waals surface area contributed by atoms with Gasteiger partial charge in [-0.15, -0.1) is 5.10 Å². The van der Waals surface area contributed by atoms with Gasteiger partial charge in [-0.2, -0.15) is 0 Å². The van der Waals surface area contributed by atoms with E-state index in [0.717, 1.165) is 0 Å². The van der Waals surface area contributed by atoms with Crippen LogP contribution in [0.5, 0.6) is 0 Å². The van der Waals surface area contributed by atoms with Crippen LogP contribution in [-0.2, 0) is 36.8 Å². The third-order valence-electron chi connectivity index (χ3n) is 4.37. The van der Waals surface area contributed by atoms with Crippen LogP contribution in [-0.4, -0.2) is 62.4 Å². The van der Waals surface area contributed by atoms with Gasteiger partial charge in [0.2, 0.25) is 0 Å². The Morgan fingerprint density at radius 2 is 1.71 bits per heavy atom. The fourth-order valence-electron chi connectivity index (χ4n) is 3.53. The number of hydrogen-bond acceptors (Lipinski definition) is 8. The standard InChI is InChI=1S/C15H23N3O6/c1-14(2)21-10-9(6-18-5-8(7-19)16-17-18)20-13-12(11(10)22-14)23-15(3,4)24-13/h5,9-13,19H,6-7H2,1-4H3/t9-,10+,11+,12-,13-/m1/s1. The molecule has 0 bridgehead atoms. The van der Waals surface area contributed by atoms with Gasteiger partial charge in [0.15, 0.2) is 17.9 Å². The molecule has 24 heavy (non-hydrogen) atoms. The molecule has 0 saturated carbocycles. The average molecular weight is 341 g/mol. The molecule has 0 radical (unpaired) electrons. The summed E-state index contributed by atoms with van der Waals surface area (Å²) in [5, 5.41) is 17.0. The number of hydrogen-bond donors (Lipinski definition) is 1. The third-order valence-corrected chi connectivity index (χ3v) is 4.37. The van der Waals surface area contributed by atoms with Gasteiger partial charge >= 0.3 is 0 Å². The van der Waals surface area contributed by atoms with Gasteiger partial charge in [0.25, 0.3) is 0 Å². The van der Waals surface area contributed by atoms with Gasteiger partial charge in [-0.1, -0.05) is 5.21 Å². The predicted molar refractivity (Wildman–Crippen MR) is 78.5 cm³/mol. The molecule has 0 spiro atoms. The molecular weight excluding hydrogens is 318 g/mol. The lowest BCUT2D eigenvalue weighted by molar-refractivity contribution is -0.236. The molecule has 9 nitrogen and oxygen atoms in total. The molecule has 134 valence electrons. The second-order valence-electron chi connectivity index (χ2n) is 7.30. The second-order valence-corrected chi connectivity index (χ2v) is 7.30. The van der Waals surface area contributed by atoms with E-state index < -0.39 is 17.9 Å². The zero-order valence-electron chi connectivity index (χ0n) is 14.2. The van der Waals surface area contributed by atoms with Crippen molar-refractivity contribution in [3.8, 4) is 0 Å². The van der Waals surface area contributed by atoms with Gasteiger partial charge in [0.05, 0.1) is 19.3 Å². The first-order chi connectivity index (χ1) is 11.3. The number of rotatable bonds is 3. The van der Waals surface area contributed by atoms with Crippen molar-refractivity contribution in [3.05, 3.63) is 11.9 Å². The van der Waals surface area contributed by atoms with Crippen LogP contribution in [0.15, 0.2) is 6.20 Å². The lowest BCUT2D eigenvalue weighted by atomic mass is 9.99. The van der Waals surface area contributed by atoms with E-state index in [1.54, 1.807) is 10.9 Å². The van der Waals surface area contributed by atoms with Gasteiger partial charge in [0.1, 0.15) is 30.1 Å². The molecular formula is C15H23N3O6. The Morgan fingerprint density at radius 1 is 1.04 bits per heavy atom. The zero-order valence-corrected chi connectivity index (χ0v) is 14.2. The Morgan fingerprint density at radius 3 is 2.42 bits per heavy atom. The Labute approximate surface area is 139 Å². The molecule has 4 rings (SSSR count). The van der Waals surface area contributed by atoms with E-state index in [4.69, 9.17) is 28.8 Å². The van der Waals surface area contributed by atoms with Crippen molar-refractivity contribution in [2.24, 2.45) is 0 Å². The maximum absolute atomic E-state index is 9.13. The van der Waals surface area contributed by atoms with E-state index in [-0.39, 0.29) is 31.0 Å². The molecule has 9 heteroatoms. The molecule has 1 aromatic heterocycles. The summed E-state index contributed by atoms with van der Waals surface area (Å²) in [7, 11) is 0. The molecule has 3 aliphatic rings. The molecule has 0 aromatic carbocycles. The number of aromatic nitrogens is 3. The van der Waals surface area contributed by atoms with E-state index in [0.29, 0.717) is 12.2 Å². The van der Waals surface area contributed by atoms with Crippen LogP contribution >= 0.6 is 0 Å². The van der Waals surface area contributed by atoms with Gasteiger partial charge in [-0.05, 0) is 27.7 Å². The van der Waals surface area contributed by atoms with Gasteiger partial charge in [-0.3, -0.25) is 0 Å². The summed E-state index contributed by atoms with van der Waals surface area (Å²) in [6.45, 7) is 7.71. The van der Waals surface area contributed by atoms with Gasteiger partial charge < -0.3 is 28.8 Å². The van der Waals surface area contributed by atoms with E-state index in [2.05, 4.69) is 10.3 Å². The fraction of sp³-hybridized carbons (Fsp3) is 0.867. The minimum atomic E-state index is -0.734. The highest BCUT2D eigenvalue weighted by atomic mass is 16.9. The van der Waals surface area contributed by atoms with Crippen molar-refractivity contribution in [2.75, 3.05) is 0 Å². The van der Waals surface area contributed by atoms with Crippen molar-refractivity contribution in [3.63, 3.8) is 0 Å². The van der Waals surface area contributed by atoms with Crippen LogP contribution in [0.25, 0.3) is 0 Å². The summed E-state index contributed by atoms with van der Waals surface area (Å²) in [4.78, 5) is 0. The normalized spacial score (nSPS) is 39.6. The van der Waals surface area contributed by atoms with Crippen LogP contribution < -0.4 is 0 Å². The number of aliphatic hydroxyl groups is 1. The number of nitrogens with zero attached hydrogens (tertiary/aromatic N) is 3. The van der Waals surface area contributed by atoms with E-state index >= 15 is 0 Å². The monoisotopic (exact) mass is 341 g/mol. The average Bonchev–Trinajstić information content (AvgIpc) is 3.13. The molecule has 0 amide bonds. The summed E-state index contributed by atoms with van der Waals surface area (Å²) >= 11 is 0. The number of ether oxygens (including phenoxy) is 5. The van der Waals surface area contributed by atoms with Gasteiger partial charge in [0, 0.05) is 0 Å². The van der Waals surface area contributed by atoms with Crippen LogP contribution in [0.4, 0.5) is 0 Å². The highest BCUT2D eigenvalue weighted by Crippen LogP contribution is 2.44. The lowest BCUT2D eigenvalue weighted by Crippen LogP contribution is -2.56. The molecule has 0 aliphatic carbocycles. The predicted octanol–water partition coefficient (Wildman–Crippen LogP) is 0.167. The summed E-state index contributed by atoms with van der Waals surface area (Å²) in [5.74, 6) is -1.46. The van der Waals surface area contributed by atoms with E-state index in [1.807, 2.05) is 27.7 Å². The van der Waals surface area contributed by atoms with Crippen molar-refractivity contribution < 1.29 is 28.8 Å². The number of aliphatic hydroxyl groups excluding tert-OH is 1. The summed E-state index contributed by atoms with van der Waals surface area (Å²) in [6, 6.07) is 0. The minimum Gasteiger partial charge on any atom is -0.390 e. The lowest BCUT2D eigenvalue weighted by Gasteiger charge is -2.37.